The lowest BCUT2D eigenvalue weighted by Crippen LogP contribution is -2.20. The summed E-state index contributed by atoms with van der Waals surface area (Å²) in [5.74, 6) is -6.79. The molecule has 0 spiro atoms. The van der Waals surface area contributed by atoms with Gasteiger partial charge in [-0.05, 0) is 29.8 Å². The van der Waals surface area contributed by atoms with Gasteiger partial charge < -0.3 is 20.5 Å². The highest BCUT2D eigenvalue weighted by Gasteiger charge is 2.19. The van der Waals surface area contributed by atoms with Crippen LogP contribution in [0.2, 0.25) is 0 Å². The maximum atomic E-state index is 13.5. The fourth-order valence-electron chi connectivity index (χ4n) is 2.18. The molecule has 1 atom stereocenters. The quantitative estimate of drug-likeness (QED) is 0.539. The lowest BCUT2D eigenvalue weighted by molar-refractivity contribution is -0.139. The number of urea groups is 1. The van der Waals surface area contributed by atoms with Gasteiger partial charge in [0, 0.05) is 12.1 Å². The molecule has 0 aliphatic heterocycles. The second-order valence-electron chi connectivity index (χ2n) is 5.22. The molecule has 0 aromatic heterocycles. The van der Waals surface area contributed by atoms with Gasteiger partial charge in [0.05, 0.1) is 11.6 Å². The van der Waals surface area contributed by atoms with Crippen LogP contribution in [0.5, 0.6) is 0 Å². The maximum Gasteiger partial charge on any atom is 0.323 e. The Morgan fingerprint density at radius 2 is 1.65 bits per heavy atom. The summed E-state index contributed by atoms with van der Waals surface area (Å²) in [5.41, 5.74) is 0.0571. The first-order valence-corrected chi connectivity index (χ1v) is 7.31. The summed E-state index contributed by atoms with van der Waals surface area (Å²) in [5, 5.41) is 13.4. The van der Waals surface area contributed by atoms with Crippen molar-refractivity contribution in [1.82, 2.24) is 0 Å². The Labute approximate surface area is 145 Å². The van der Waals surface area contributed by atoms with Crippen molar-refractivity contribution in [1.29, 1.82) is 0 Å². The summed E-state index contributed by atoms with van der Waals surface area (Å²) in [7, 11) is 0. The van der Waals surface area contributed by atoms with E-state index >= 15 is 0 Å². The summed E-state index contributed by atoms with van der Waals surface area (Å²) in [6.45, 7) is 0. The SMILES string of the molecule is O=CCC(C(=O)O)c1ccc(NC(=O)Nc2ccc(F)c(F)c2F)cc1. The number of halogens is 3. The van der Waals surface area contributed by atoms with Gasteiger partial charge in [0.25, 0.3) is 0 Å². The van der Waals surface area contributed by atoms with E-state index in [0.29, 0.717) is 17.9 Å². The summed E-state index contributed by atoms with van der Waals surface area (Å²) >= 11 is 0. The van der Waals surface area contributed by atoms with Gasteiger partial charge in [-0.15, -0.1) is 0 Å². The highest BCUT2D eigenvalue weighted by molar-refractivity contribution is 5.99. The van der Waals surface area contributed by atoms with Crippen molar-refractivity contribution in [2.75, 3.05) is 10.6 Å². The first-order valence-electron chi connectivity index (χ1n) is 7.31. The fourth-order valence-corrected chi connectivity index (χ4v) is 2.18. The van der Waals surface area contributed by atoms with E-state index in [9.17, 15) is 27.6 Å². The number of carbonyl (C=O) groups is 3. The van der Waals surface area contributed by atoms with Gasteiger partial charge in [0.2, 0.25) is 0 Å². The number of rotatable bonds is 6. The standard InChI is InChI=1S/C17H13F3N2O4/c18-12-5-6-13(15(20)14(12)19)22-17(26)21-10-3-1-9(2-4-10)11(7-8-23)16(24)25/h1-6,8,11H,7H2,(H,24,25)(H2,21,22,26). The van der Waals surface area contributed by atoms with Crippen LogP contribution < -0.4 is 10.6 Å². The third-order valence-corrected chi connectivity index (χ3v) is 3.48. The largest absolute Gasteiger partial charge is 0.481 e. The number of amides is 2. The van der Waals surface area contributed by atoms with Crippen molar-refractivity contribution in [3.63, 3.8) is 0 Å². The number of hydrogen-bond donors (Lipinski definition) is 3. The number of hydrogen-bond acceptors (Lipinski definition) is 3. The average molecular weight is 366 g/mol. The second kappa shape index (κ2) is 8.15. The predicted molar refractivity (Wildman–Crippen MR) is 86.5 cm³/mol. The summed E-state index contributed by atoms with van der Waals surface area (Å²) in [6, 6.07) is 6.22. The number of aldehydes is 1. The van der Waals surface area contributed by atoms with Crippen LogP contribution in [-0.2, 0) is 9.59 Å². The molecule has 0 aliphatic rings. The van der Waals surface area contributed by atoms with E-state index in [1.165, 1.54) is 24.3 Å². The minimum Gasteiger partial charge on any atom is -0.481 e. The van der Waals surface area contributed by atoms with Crippen LogP contribution in [0.25, 0.3) is 0 Å². The number of carboxylic acid groups (broad SMARTS) is 1. The van der Waals surface area contributed by atoms with Crippen LogP contribution in [0.4, 0.5) is 29.3 Å². The fraction of sp³-hybridized carbons (Fsp3) is 0.118. The van der Waals surface area contributed by atoms with Gasteiger partial charge in [-0.25, -0.2) is 18.0 Å². The number of benzene rings is 2. The van der Waals surface area contributed by atoms with Gasteiger partial charge in [-0.2, -0.15) is 0 Å². The van der Waals surface area contributed by atoms with Crippen molar-refractivity contribution in [2.24, 2.45) is 0 Å². The Kier molecular flexibility index (Phi) is 5.94. The average Bonchev–Trinajstić information content (AvgIpc) is 2.61. The zero-order chi connectivity index (χ0) is 19.3. The Bertz CT molecular complexity index is 841. The molecular formula is C17H13F3N2O4. The molecule has 3 N–H and O–H groups in total. The van der Waals surface area contributed by atoms with Gasteiger partial charge in [-0.3, -0.25) is 4.79 Å². The Morgan fingerprint density at radius 3 is 2.23 bits per heavy atom. The molecule has 0 saturated heterocycles. The number of anilines is 2. The summed E-state index contributed by atoms with van der Waals surface area (Å²) in [4.78, 5) is 33.5. The molecule has 1 unspecified atom stereocenters. The van der Waals surface area contributed by atoms with E-state index in [1.807, 2.05) is 5.32 Å². The van der Waals surface area contributed by atoms with Crippen LogP contribution in [0.3, 0.4) is 0 Å². The Hall–Kier alpha value is -3.36. The predicted octanol–water partition coefficient (Wildman–Crippen LogP) is 3.51. The first kappa shape index (κ1) is 19.0. The number of carbonyl (C=O) groups excluding carboxylic acids is 2. The second-order valence-corrected chi connectivity index (χ2v) is 5.22. The molecule has 2 amide bonds. The van der Waals surface area contributed by atoms with Crippen LogP contribution in [0, 0.1) is 17.5 Å². The third kappa shape index (κ3) is 4.38. The summed E-state index contributed by atoms with van der Waals surface area (Å²) < 4.78 is 39.5. The molecule has 2 aromatic carbocycles. The smallest absolute Gasteiger partial charge is 0.323 e. The third-order valence-electron chi connectivity index (χ3n) is 3.48. The molecular weight excluding hydrogens is 353 g/mol. The zero-order valence-corrected chi connectivity index (χ0v) is 13.1. The Morgan fingerprint density at radius 1 is 1.00 bits per heavy atom. The number of carboxylic acids is 1. The highest BCUT2D eigenvalue weighted by atomic mass is 19.2. The van der Waals surface area contributed by atoms with Crippen molar-refractivity contribution < 1.29 is 32.7 Å². The van der Waals surface area contributed by atoms with E-state index in [0.717, 1.165) is 6.07 Å². The van der Waals surface area contributed by atoms with Crippen LogP contribution in [0.15, 0.2) is 36.4 Å². The van der Waals surface area contributed by atoms with Crippen LogP contribution in [-0.4, -0.2) is 23.4 Å². The molecule has 0 saturated carbocycles. The molecule has 6 nitrogen and oxygen atoms in total. The maximum absolute atomic E-state index is 13.5. The molecule has 0 aliphatic carbocycles. The van der Waals surface area contributed by atoms with E-state index in [2.05, 4.69) is 5.32 Å². The molecule has 136 valence electrons. The molecule has 2 rings (SSSR count). The van der Waals surface area contributed by atoms with E-state index in [1.54, 1.807) is 0 Å². The van der Waals surface area contributed by atoms with E-state index in [-0.39, 0.29) is 12.1 Å². The van der Waals surface area contributed by atoms with Crippen molar-refractivity contribution in [3.05, 3.63) is 59.4 Å². The van der Waals surface area contributed by atoms with Gasteiger partial charge in [0.1, 0.15) is 6.29 Å². The molecule has 0 bridgehead atoms. The lowest BCUT2D eigenvalue weighted by atomic mass is 9.96. The normalized spacial score (nSPS) is 11.5. The molecule has 9 heteroatoms. The Balaban J connectivity index is 2.07. The molecule has 26 heavy (non-hydrogen) atoms. The number of aliphatic carboxylic acids is 1. The van der Waals surface area contributed by atoms with Gasteiger partial charge >= 0.3 is 12.0 Å². The minimum absolute atomic E-state index is 0.196. The number of nitrogens with one attached hydrogen (secondary N) is 2. The monoisotopic (exact) mass is 366 g/mol. The van der Waals surface area contributed by atoms with Crippen molar-refractivity contribution in [3.8, 4) is 0 Å². The summed E-state index contributed by atoms with van der Waals surface area (Å²) in [6.07, 6.45) is 0.298. The zero-order valence-electron chi connectivity index (χ0n) is 13.1. The molecule has 0 heterocycles. The molecule has 0 fully saturated rings. The molecule has 2 aromatic rings. The van der Waals surface area contributed by atoms with Crippen LogP contribution in [0.1, 0.15) is 17.9 Å². The topological polar surface area (TPSA) is 95.5 Å². The highest BCUT2D eigenvalue weighted by Crippen LogP contribution is 2.22. The van der Waals surface area contributed by atoms with Crippen LogP contribution >= 0.6 is 0 Å². The minimum atomic E-state index is -1.71. The van der Waals surface area contributed by atoms with Gasteiger partial charge in [-0.1, -0.05) is 12.1 Å². The lowest BCUT2D eigenvalue weighted by Gasteiger charge is -2.12. The van der Waals surface area contributed by atoms with Crippen molar-refractivity contribution >= 4 is 29.7 Å². The van der Waals surface area contributed by atoms with E-state index < -0.39 is 41.1 Å². The first-order chi connectivity index (χ1) is 12.3. The van der Waals surface area contributed by atoms with E-state index in [4.69, 9.17) is 5.11 Å². The van der Waals surface area contributed by atoms with Gasteiger partial charge in [0.15, 0.2) is 17.5 Å². The van der Waals surface area contributed by atoms with Crippen molar-refractivity contribution in [2.45, 2.75) is 12.3 Å². The molecule has 0 radical (unpaired) electrons.